The van der Waals surface area contributed by atoms with Gasteiger partial charge >= 0.3 is 11.9 Å². The number of allylic oxidation sites excluding steroid dienone is 2. The van der Waals surface area contributed by atoms with Crippen molar-refractivity contribution in [3.05, 3.63) is 41.5 Å². The lowest BCUT2D eigenvalue weighted by Crippen LogP contribution is -2.67. The van der Waals surface area contributed by atoms with Crippen molar-refractivity contribution in [1.82, 2.24) is 0 Å². The molecule has 0 spiro atoms. The number of aliphatic carboxylic acids is 1. The number of ether oxygens (including phenoxy) is 1. The average molecular weight is 635 g/mol. The quantitative estimate of drug-likeness (QED) is 0.115. The maximum absolute atomic E-state index is 13.0. The fourth-order valence-electron chi connectivity index (χ4n) is 12.0. The van der Waals surface area contributed by atoms with Gasteiger partial charge in [0, 0.05) is 11.5 Å². The van der Waals surface area contributed by atoms with Crippen molar-refractivity contribution in [2.45, 2.75) is 118 Å². The van der Waals surface area contributed by atoms with Gasteiger partial charge in [0.2, 0.25) is 0 Å². The molecule has 7 nitrogen and oxygen atoms in total. The Hall–Kier alpha value is -2.80. The van der Waals surface area contributed by atoms with Crippen molar-refractivity contribution < 1.29 is 34.8 Å². The number of aromatic hydroxyl groups is 2. The molecule has 4 N–H and O–H groups in total. The molecule has 5 aliphatic carbocycles. The standard InChI is InChI=1S/C39H54O7/c1-34(2)16-18-39(33(44)45)19-17-37(6)24(25(39)21-34)10-12-30-36(5)22-28(42)32(35(3,4)29(36)14-15-38(30,37)7)46-31(43)13-9-23-8-11-26(40)27(41)20-23/h8-11,13,20,25,28-30,32,40-42H,12,14-19,21-22H2,1-7H3,(H,44,45)/b13-9+/t25-,28-,29-,30-,32+,36+,37-,38-,39+/m1/s1. The van der Waals surface area contributed by atoms with E-state index in [4.69, 9.17) is 4.74 Å². The average Bonchev–Trinajstić information content (AvgIpc) is 2.95. The second kappa shape index (κ2) is 10.6. The van der Waals surface area contributed by atoms with E-state index in [1.54, 1.807) is 6.07 Å². The molecule has 46 heavy (non-hydrogen) atoms. The van der Waals surface area contributed by atoms with Crippen LogP contribution in [-0.2, 0) is 14.3 Å². The lowest BCUT2D eigenvalue weighted by molar-refractivity contribution is -0.238. The second-order valence-corrected chi connectivity index (χ2v) is 17.7. The zero-order valence-corrected chi connectivity index (χ0v) is 28.7. The number of carbonyl (C=O) groups excluding carboxylic acids is 1. The van der Waals surface area contributed by atoms with Crippen LogP contribution in [0.2, 0.25) is 0 Å². The summed E-state index contributed by atoms with van der Waals surface area (Å²) in [7, 11) is 0. The number of carboxylic acids is 1. The number of carboxylic acid groups (broad SMARTS) is 1. The van der Waals surface area contributed by atoms with E-state index in [1.807, 2.05) is 0 Å². The van der Waals surface area contributed by atoms with Crippen LogP contribution in [0.1, 0.15) is 112 Å². The summed E-state index contributed by atoms with van der Waals surface area (Å²) in [6.45, 7) is 16.1. The molecule has 9 atom stereocenters. The van der Waals surface area contributed by atoms with Crippen molar-refractivity contribution in [2.75, 3.05) is 0 Å². The Labute approximate surface area is 274 Å². The third-order valence-corrected chi connectivity index (χ3v) is 14.6. The molecular formula is C39H54O7. The molecule has 6 rings (SSSR count). The van der Waals surface area contributed by atoms with E-state index in [0.717, 1.165) is 51.4 Å². The van der Waals surface area contributed by atoms with Gasteiger partial charge in [-0.15, -0.1) is 0 Å². The molecule has 0 heterocycles. The molecule has 1 aromatic rings. The largest absolute Gasteiger partial charge is 0.504 e. The normalized spacial score (nSPS) is 42.5. The Morgan fingerprint density at radius 3 is 2.26 bits per heavy atom. The summed E-state index contributed by atoms with van der Waals surface area (Å²) in [5.74, 6) is -1.06. The van der Waals surface area contributed by atoms with Crippen molar-refractivity contribution in [1.29, 1.82) is 0 Å². The van der Waals surface area contributed by atoms with E-state index in [0.29, 0.717) is 17.9 Å². The van der Waals surface area contributed by atoms with Gasteiger partial charge in [-0.25, -0.2) is 4.79 Å². The highest BCUT2D eigenvalue weighted by Gasteiger charge is 2.70. The minimum Gasteiger partial charge on any atom is -0.504 e. The molecule has 7 heteroatoms. The molecule has 252 valence electrons. The van der Waals surface area contributed by atoms with Crippen LogP contribution >= 0.6 is 0 Å². The first-order valence-electron chi connectivity index (χ1n) is 17.3. The Morgan fingerprint density at radius 1 is 0.891 bits per heavy atom. The lowest BCUT2D eigenvalue weighted by Gasteiger charge is -2.71. The summed E-state index contributed by atoms with van der Waals surface area (Å²) in [6, 6.07) is 4.33. The van der Waals surface area contributed by atoms with Gasteiger partial charge in [-0.1, -0.05) is 66.2 Å². The molecule has 0 aromatic heterocycles. The smallest absolute Gasteiger partial charge is 0.331 e. The van der Waals surface area contributed by atoms with Gasteiger partial charge in [-0.2, -0.15) is 0 Å². The van der Waals surface area contributed by atoms with Crippen LogP contribution in [0.3, 0.4) is 0 Å². The molecule has 1 aromatic carbocycles. The first-order chi connectivity index (χ1) is 21.3. The highest BCUT2D eigenvalue weighted by molar-refractivity contribution is 5.87. The third-order valence-electron chi connectivity index (χ3n) is 14.6. The first-order valence-corrected chi connectivity index (χ1v) is 17.3. The molecule has 4 fully saturated rings. The number of aliphatic hydroxyl groups is 1. The topological polar surface area (TPSA) is 124 Å². The summed E-state index contributed by atoms with van der Waals surface area (Å²) < 4.78 is 6.01. The minimum absolute atomic E-state index is 0.0354. The Balaban J connectivity index is 1.28. The summed E-state index contributed by atoms with van der Waals surface area (Å²) in [5, 5.41) is 41.7. The molecule has 0 radical (unpaired) electrons. The van der Waals surface area contributed by atoms with Crippen molar-refractivity contribution in [3.8, 4) is 11.5 Å². The molecule has 0 unspecified atom stereocenters. The summed E-state index contributed by atoms with van der Waals surface area (Å²) >= 11 is 0. The van der Waals surface area contributed by atoms with E-state index in [1.165, 1.54) is 29.9 Å². The Morgan fingerprint density at radius 2 is 1.59 bits per heavy atom. The van der Waals surface area contributed by atoms with Crippen LogP contribution in [0.25, 0.3) is 6.08 Å². The second-order valence-electron chi connectivity index (χ2n) is 17.7. The molecule has 5 aliphatic rings. The number of benzene rings is 1. The van der Waals surface area contributed by atoms with Crippen LogP contribution in [0.15, 0.2) is 35.9 Å². The predicted octanol–water partition coefficient (Wildman–Crippen LogP) is 7.88. The van der Waals surface area contributed by atoms with Gasteiger partial charge in [0.1, 0.15) is 6.10 Å². The zero-order chi connectivity index (χ0) is 33.7. The number of phenolic OH excluding ortho intramolecular Hbond substituents is 2. The number of esters is 1. The number of hydrogen-bond donors (Lipinski definition) is 4. The van der Waals surface area contributed by atoms with E-state index in [2.05, 4.69) is 54.5 Å². The summed E-state index contributed by atoms with van der Waals surface area (Å²) in [6.07, 6.45) is 11.4. The fourth-order valence-corrected chi connectivity index (χ4v) is 12.0. The number of phenols is 2. The van der Waals surface area contributed by atoms with E-state index < -0.39 is 35.0 Å². The summed E-state index contributed by atoms with van der Waals surface area (Å²) in [5.41, 5.74) is 0.601. The summed E-state index contributed by atoms with van der Waals surface area (Å²) in [4.78, 5) is 26.0. The number of fused-ring (bicyclic) bond motifs is 7. The van der Waals surface area contributed by atoms with Crippen LogP contribution in [-0.4, -0.2) is 44.6 Å². The third kappa shape index (κ3) is 4.69. The van der Waals surface area contributed by atoms with Crippen LogP contribution < -0.4 is 0 Å². The molecule has 0 aliphatic heterocycles. The molecule has 4 saturated carbocycles. The molecule has 0 saturated heterocycles. The minimum atomic E-state index is -0.822. The number of carbonyl (C=O) groups is 2. The molecule has 0 bridgehead atoms. The lowest BCUT2D eigenvalue weighted by atomic mass is 9.33. The Kier molecular flexibility index (Phi) is 7.63. The van der Waals surface area contributed by atoms with Crippen molar-refractivity contribution in [3.63, 3.8) is 0 Å². The van der Waals surface area contributed by atoms with Gasteiger partial charge < -0.3 is 25.2 Å². The van der Waals surface area contributed by atoms with Crippen LogP contribution in [0.4, 0.5) is 0 Å². The van der Waals surface area contributed by atoms with Gasteiger partial charge in [-0.05, 0) is 121 Å². The first kappa shape index (κ1) is 33.1. The van der Waals surface area contributed by atoms with Gasteiger partial charge in [0.15, 0.2) is 11.5 Å². The maximum Gasteiger partial charge on any atom is 0.331 e. The van der Waals surface area contributed by atoms with Gasteiger partial charge in [-0.3, -0.25) is 4.79 Å². The Bertz CT molecular complexity index is 1490. The predicted molar refractivity (Wildman–Crippen MR) is 177 cm³/mol. The maximum atomic E-state index is 13.0. The molecular weight excluding hydrogens is 580 g/mol. The number of aliphatic hydroxyl groups excluding tert-OH is 1. The van der Waals surface area contributed by atoms with Crippen LogP contribution in [0, 0.1) is 50.2 Å². The van der Waals surface area contributed by atoms with Crippen molar-refractivity contribution >= 4 is 18.0 Å². The van der Waals surface area contributed by atoms with E-state index >= 15 is 0 Å². The van der Waals surface area contributed by atoms with E-state index in [-0.39, 0.29) is 45.0 Å². The monoisotopic (exact) mass is 634 g/mol. The highest BCUT2D eigenvalue weighted by atomic mass is 16.6. The number of rotatable bonds is 4. The van der Waals surface area contributed by atoms with Crippen LogP contribution in [0.5, 0.6) is 11.5 Å². The van der Waals surface area contributed by atoms with Gasteiger partial charge in [0.05, 0.1) is 11.5 Å². The number of hydrogen-bond acceptors (Lipinski definition) is 6. The fraction of sp³-hybridized carbons (Fsp3) is 0.692. The van der Waals surface area contributed by atoms with Gasteiger partial charge in [0.25, 0.3) is 0 Å². The zero-order valence-electron chi connectivity index (χ0n) is 28.7. The molecule has 0 amide bonds. The van der Waals surface area contributed by atoms with E-state index in [9.17, 15) is 30.0 Å². The van der Waals surface area contributed by atoms with Crippen molar-refractivity contribution in [2.24, 2.45) is 50.2 Å². The SMILES string of the molecule is CC1(C)CC[C@]2(C(=O)O)CC[C@]3(C)C(=CC[C@@H]4[C@@]5(C)C[C@@H](O)[C@H](OC(=O)/C=C/c6ccc(O)c(O)c6)C(C)(C)[C@H]5CC[C@]43C)[C@H]2C1. The highest BCUT2D eigenvalue weighted by Crippen LogP contribution is 2.75.